The molecule has 0 spiro atoms. The van der Waals surface area contributed by atoms with Gasteiger partial charge in [0.15, 0.2) is 5.82 Å². The van der Waals surface area contributed by atoms with Gasteiger partial charge in [0.1, 0.15) is 5.56 Å². The largest absolute Gasteiger partial charge is 0.334 e. The summed E-state index contributed by atoms with van der Waals surface area (Å²) >= 11 is 5.55. The summed E-state index contributed by atoms with van der Waals surface area (Å²) in [6.07, 6.45) is 0. The molecular formula is C10H8ClN3O3. The molecule has 0 saturated heterocycles. The zero-order chi connectivity index (χ0) is 12.4. The third kappa shape index (κ3) is 2.12. The van der Waals surface area contributed by atoms with Crippen molar-refractivity contribution in [3.05, 3.63) is 39.7 Å². The minimum absolute atomic E-state index is 0.0604. The fraction of sp³-hybridized carbons (Fsp3) is 0.200. The van der Waals surface area contributed by atoms with Crippen molar-refractivity contribution in [2.45, 2.75) is 12.8 Å². The molecule has 17 heavy (non-hydrogen) atoms. The fourth-order valence-electron chi connectivity index (χ4n) is 1.49. The zero-order valence-electron chi connectivity index (χ0n) is 8.88. The second-order valence-corrected chi connectivity index (χ2v) is 3.64. The number of nitro benzene ring substituents is 1. The van der Waals surface area contributed by atoms with Crippen LogP contribution in [0, 0.1) is 17.0 Å². The molecule has 0 aliphatic heterocycles. The van der Waals surface area contributed by atoms with Gasteiger partial charge in [-0.05, 0) is 12.5 Å². The van der Waals surface area contributed by atoms with Crippen LogP contribution >= 0.6 is 11.6 Å². The van der Waals surface area contributed by atoms with Crippen LogP contribution in [0.15, 0.2) is 22.7 Å². The zero-order valence-corrected chi connectivity index (χ0v) is 9.64. The van der Waals surface area contributed by atoms with Crippen molar-refractivity contribution in [1.29, 1.82) is 0 Å². The van der Waals surface area contributed by atoms with Gasteiger partial charge in [-0.2, -0.15) is 4.98 Å². The molecule has 6 nitrogen and oxygen atoms in total. The van der Waals surface area contributed by atoms with Crippen LogP contribution in [-0.2, 0) is 5.88 Å². The van der Waals surface area contributed by atoms with Gasteiger partial charge in [0, 0.05) is 6.07 Å². The first-order valence-corrected chi connectivity index (χ1v) is 5.30. The number of nitrogens with zero attached hydrogens (tertiary/aromatic N) is 3. The number of halogens is 1. The minimum Gasteiger partial charge on any atom is -0.334 e. The van der Waals surface area contributed by atoms with Gasteiger partial charge in [0.25, 0.3) is 11.6 Å². The first-order valence-electron chi connectivity index (χ1n) is 4.76. The van der Waals surface area contributed by atoms with E-state index in [-0.39, 0.29) is 17.5 Å². The first-order chi connectivity index (χ1) is 8.13. The van der Waals surface area contributed by atoms with Crippen LogP contribution in [0.1, 0.15) is 11.4 Å². The molecule has 88 valence electrons. The monoisotopic (exact) mass is 253 g/mol. The number of nitro groups is 1. The number of benzene rings is 1. The van der Waals surface area contributed by atoms with Gasteiger partial charge in [-0.25, -0.2) is 0 Å². The van der Waals surface area contributed by atoms with Crippen LogP contribution in [0.5, 0.6) is 0 Å². The maximum atomic E-state index is 10.9. The number of hydrogen-bond donors (Lipinski definition) is 0. The van der Waals surface area contributed by atoms with E-state index in [1.165, 1.54) is 6.07 Å². The van der Waals surface area contributed by atoms with Gasteiger partial charge in [0.2, 0.25) is 0 Å². The topological polar surface area (TPSA) is 82.1 Å². The molecule has 1 aromatic heterocycles. The first kappa shape index (κ1) is 11.5. The number of aryl methyl sites for hydroxylation is 1. The highest BCUT2D eigenvalue weighted by molar-refractivity contribution is 6.16. The summed E-state index contributed by atoms with van der Waals surface area (Å²) in [5.41, 5.74) is 0.972. The van der Waals surface area contributed by atoms with Crippen molar-refractivity contribution in [1.82, 2.24) is 10.1 Å². The molecule has 0 bridgehead atoms. The number of alkyl halides is 1. The molecule has 0 saturated carbocycles. The average molecular weight is 254 g/mol. The fourth-order valence-corrected chi connectivity index (χ4v) is 1.60. The normalized spacial score (nSPS) is 10.5. The maximum Gasteiger partial charge on any atom is 0.282 e. The third-order valence-electron chi connectivity index (χ3n) is 2.25. The SMILES string of the molecule is Cc1cccc([N+](=O)[O-])c1-c1nc(CCl)no1. The van der Waals surface area contributed by atoms with Crippen molar-refractivity contribution in [2.75, 3.05) is 0 Å². The van der Waals surface area contributed by atoms with E-state index in [0.717, 1.165) is 0 Å². The molecule has 7 heteroatoms. The van der Waals surface area contributed by atoms with Crippen LogP contribution < -0.4 is 0 Å². The highest BCUT2D eigenvalue weighted by atomic mass is 35.5. The van der Waals surface area contributed by atoms with Gasteiger partial charge in [0.05, 0.1) is 10.8 Å². The molecule has 1 heterocycles. The predicted molar refractivity (Wildman–Crippen MR) is 60.7 cm³/mol. The molecule has 0 aliphatic rings. The molecule has 0 N–H and O–H groups in total. The van der Waals surface area contributed by atoms with Gasteiger partial charge >= 0.3 is 0 Å². The van der Waals surface area contributed by atoms with Crippen molar-refractivity contribution in [3.63, 3.8) is 0 Å². The van der Waals surface area contributed by atoms with E-state index in [0.29, 0.717) is 17.0 Å². The minimum atomic E-state index is -0.479. The summed E-state index contributed by atoms with van der Waals surface area (Å²) in [4.78, 5) is 14.4. The third-order valence-corrected chi connectivity index (χ3v) is 2.49. The highest BCUT2D eigenvalue weighted by Crippen LogP contribution is 2.31. The van der Waals surface area contributed by atoms with E-state index in [2.05, 4.69) is 10.1 Å². The Morgan fingerprint density at radius 1 is 1.53 bits per heavy atom. The van der Waals surface area contributed by atoms with Crippen molar-refractivity contribution < 1.29 is 9.45 Å². The Bertz CT molecular complexity index is 568. The molecule has 0 radical (unpaired) electrons. The van der Waals surface area contributed by atoms with E-state index < -0.39 is 4.92 Å². The lowest BCUT2D eigenvalue weighted by molar-refractivity contribution is -0.384. The van der Waals surface area contributed by atoms with Crippen LogP contribution in [0.3, 0.4) is 0 Å². The molecule has 0 fully saturated rings. The smallest absolute Gasteiger partial charge is 0.282 e. The molecule has 0 amide bonds. The summed E-state index contributed by atoms with van der Waals surface area (Å²) in [6, 6.07) is 4.75. The summed E-state index contributed by atoms with van der Waals surface area (Å²) < 4.78 is 4.96. The van der Waals surface area contributed by atoms with Crippen LogP contribution in [0.25, 0.3) is 11.5 Å². The predicted octanol–water partition coefficient (Wildman–Crippen LogP) is 2.69. The number of hydrogen-bond acceptors (Lipinski definition) is 5. The van der Waals surface area contributed by atoms with Gasteiger partial charge in [-0.3, -0.25) is 10.1 Å². The van der Waals surface area contributed by atoms with Crippen LogP contribution in [0.4, 0.5) is 5.69 Å². The average Bonchev–Trinajstić information content (AvgIpc) is 2.76. The quantitative estimate of drug-likeness (QED) is 0.477. The van der Waals surface area contributed by atoms with E-state index in [4.69, 9.17) is 16.1 Å². The van der Waals surface area contributed by atoms with E-state index >= 15 is 0 Å². The molecule has 0 unspecified atom stereocenters. The molecule has 0 aliphatic carbocycles. The Hall–Kier alpha value is -1.95. The molecular weight excluding hydrogens is 246 g/mol. The second-order valence-electron chi connectivity index (χ2n) is 3.38. The van der Waals surface area contributed by atoms with Gasteiger partial charge in [-0.15, -0.1) is 11.6 Å². The van der Waals surface area contributed by atoms with Crippen molar-refractivity contribution in [2.24, 2.45) is 0 Å². The Labute approximate surface area is 101 Å². The lowest BCUT2D eigenvalue weighted by atomic mass is 10.1. The van der Waals surface area contributed by atoms with Crippen LogP contribution in [0.2, 0.25) is 0 Å². The summed E-state index contributed by atoms with van der Waals surface area (Å²) in [5.74, 6) is 0.521. The lowest BCUT2D eigenvalue weighted by Gasteiger charge is -2.01. The summed E-state index contributed by atoms with van der Waals surface area (Å²) in [7, 11) is 0. The van der Waals surface area contributed by atoms with Gasteiger partial charge in [-0.1, -0.05) is 17.3 Å². The van der Waals surface area contributed by atoms with Crippen molar-refractivity contribution in [3.8, 4) is 11.5 Å². The highest BCUT2D eigenvalue weighted by Gasteiger charge is 2.22. The number of rotatable bonds is 3. The van der Waals surface area contributed by atoms with E-state index in [1.807, 2.05) is 0 Å². The van der Waals surface area contributed by atoms with Gasteiger partial charge < -0.3 is 4.52 Å². The summed E-state index contributed by atoms with van der Waals surface area (Å²) in [5, 5.41) is 14.5. The lowest BCUT2D eigenvalue weighted by Crippen LogP contribution is -1.94. The Balaban J connectivity index is 2.61. The molecule has 1 aromatic carbocycles. The molecule has 2 rings (SSSR count). The molecule has 2 aromatic rings. The Morgan fingerprint density at radius 3 is 2.88 bits per heavy atom. The second kappa shape index (κ2) is 4.50. The van der Waals surface area contributed by atoms with Crippen molar-refractivity contribution >= 4 is 17.3 Å². The van der Waals surface area contributed by atoms with E-state index in [9.17, 15) is 10.1 Å². The van der Waals surface area contributed by atoms with E-state index in [1.54, 1.807) is 19.1 Å². The summed E-state index contributed by atoms with van der Waals surface area (Å²) in [6.45, 7) is 1.74. The number of aromatic nitrogens is 2. The Kier molecular flexibility index (Phi) is 3.06. The molecule has 0 atom stereocenters. The van der Waals surface area contributed by atoms with Crippen LogP contribution in [-0.4, -0.2) is 15.1 Å². The standard InChI is InChI=1S/C10H8ClN3O3/c1-6-3-2-4-7(14(15)16)9(6)10-12-8(5-11)13-17-10/h2-4H,5H2,1H3. The maximum absolute atomic E-state index is 10.9. The Morgan fingerprint density at radius 2 is 2.29 bits per heavy atom.